The molecule has 2 heterocycles. The van der Waals surface area contributed by atoms with Crippen molar-refractivity contribution in [3.8, 4) is 0 Å². The highest BCUT2D eigenvalue weighted by Gasteiger charge is 2.19. The van der Waals surface area contributed by atoms with Gasteiger partial charge in [0.15, 0.2) is 0 Å². The topological polar surface area (TPSA) is 34.1 Å². The molecule has 0 aliphatic carbocycles. The summed E-state index contributed by atoms with van der Waals surface area (Å²) >= 11 is 0. The molecule has 1 aromatic rings. The van der Waals surface area contributed by atoms with E-state index in [0.717, 1.165) is 37.4 Å². The van der Waals surface area contributed by atoms with Gasteiger partial charge in [-0.3, -0.25) is 4.98 Å². The molecule has 0 aromatic carbocycles. The quantitative estimate of drug-likeness (QED) is 0.866. The molecule has 1 atom stereocenters. The summed E-state index contributed by atoms with van der Waals surface area (Å²) in [6, 6.07) is 4.34. The summed E-state index contributed by atoms with van der Waals surface area (Å²) in [5.74, 6) is 1.06. The van der Waals surface area contributed by atoms with Crippen molar-refractivity contribution in [3.05, 3.63) is 41.4 Å². The molecular weight excluding hydrogens is 212 g/mol. The zero-order chi connectivity index (χ0) is 12.1. The molecule has 17 heavy (non-hydrogen) atoms. The number of pyridine rings is 1. The maximum absolute atomic E-state index is 5.77. The lowest BCUT2D eigenvalue weighted by molar-refractivity contribution is 0.168. The first-order valence-electron chi connectivity index (χ1n) is 6.30. The van der Waals surface area contributed by atoms with Gasteiger partial charge in [-0.25, -0.2) is 0 Å². The highest BCUT2D eigenvalue weighted by atomic mass is 16.5. The molecule has 1 N–H and O–H groups in total. The van der Waals surface area contributed by atoms with Gasteiger partial charge in [-0.05, 0) is 50.1 Å². The third-order valence-corrected chi connectivity index (χ3v) is 2.91. The average Bonchev–Trinajstić information content (AvgIpc) is 2.37. The minimum absolute atomic E-state index is 0.169. The molecule has 0 spiro atoms. The SMILES string of the molecule is CCNC(C1=CCCCO1)c1ccnc(C)c1. The number of hydrogen-bond donors (Lipinski definition) is 1. The van der Waals surface area contributed by atoms with Crippen LogP contribution in [-0.4, -0.2) is 18.1 Å². The van der Waals surface area contributed by atoms with E-state index < -0.39 is 0 Å². The van der Waals surface area contributed by atoms with Crippen molar-refractivity contribution in [1.29, 1.82) is 0 Å². The zero-order valence-corrected chi connectivity index (χ0v) is 10.6. The van der Waals surface area contributed by atoms with Gasteiger partial charge in [-0.2, -0.15) is 0 Å². The highest BCUT2D eigenvalue weighted by molar-refractivity contribution is 5.26. The van der Waals surface area contributed by atoms with Crippen LogP contribution in [0.3, 0.4) is 0 Å². The van der Waals surface area contributed by atoms with Crippen LogP contribution < -0.4 is 5.32 Å². The van der Waals surface area contributed by atoms with E-state index in [4.69, 9.17) is 4.74 Å². The summed E-state index contributed by atoms with van der Waals surface area (Å²) in [5, 5.41) is 3.47. The molecule has 0 radical (unpaired) electrons. The third-order valence-electron chi connectivity index (χ3n) is 2.91. The summed E-state index contributed by atoms with van der Waals surface area (Å²) in [6.45, 7) is 5.89. The largest absolute Gasteiger partial charge is 0.496 e. The van der Waals surface area contributed by atoms with E-state index in [1.807, 2.05) is 13.1 Å². The second-order valence-corrected chi connectivity index (χ2v) is 4.32. The Morgan fingerprint density at radius 3 is 3.06 bits per heavy atom. The molecule has 1 aliphatic rings. The van der Waals surface area contributed by atoms with Gasteiger partial charge in [0, 0.05) is 11.9 Å². The monoisotopic (exact) mass is 232 g/mol. The van der Waals surface area contributed by atoms with Crippen LogP contribution in [-0.2, 0) is 4.74 Å². The Hall–Kier alpha value is -1.35. The van der Waals surface area contributed by atoms with Gasteiger partial charge in [-0.15, -0.1) is 0 Å². The maximum atomic E-state index is 5.77. The predicted molar refractivity (Wildman–Crippen MR) is 68.7 cm³/mol. The number of nitrogens with zero attached hydrogens (tertiary/aromatic N) is 1. The molecular formula is C14H20N2O. The van der Waals surface area contributed by atoms with E-state index in [0.29, 0.717) is 0 Å². The molecule has 0 fully saturated rings. The van der Waals surface area contributed by atoms with Crippen LogP contribution in [0.2, 0.25) is 0 Å². The van der Waals surface area contributed by atoms with Crippen molar-refractivity contribution < 1.29 is 4.74 Å². The lowest BCUT2D eigenvalue weighted by Crippen LogP contribution is -2.25. The van der Waals surface area contributed by atoms with Gasteiger partial charge in [0.1, 0.15) is 5.76 Å². The number of aryl methyl sites for hydroxylation is 1. The standard InChI is InChI=1S/C14H20N2O/c1-3-15-14(13-6-4-5-9-17-13)12-7-8-16-11(2)10-12/h6-8,10,14-15H,3-5,9H2,1-2H3. The van der Waals surface area contributed by atoms with E-state index in [1.54, 1.807) is 0 Å². The molecule has 3 heteroatoms. The van der Waals surface area contributed by atoms with Crippen LogP contribution in [0.15, 0.2) is 30.2 Å². The molecule has 1 aliphatic heterocycles. The first-order chi connectivity index (χ1) is 8.31. The van der Waals surface area contributed by atoms with E-state index in [-0.39, 0.29) is 6.04 Å². The fourth-order valence-corrected chi connectivity index (χ4v) is 2.11. The van der Waals surface area contributed by atoms with E-state index in [1.165, 1.54) is 5.56 Å². The third kappa shape index (κ3) is 3.07. The normalized spacial score (nSPS) is 17.2. The summed E-state index contributed by atoms with van der Waals surface area (Å²) in [7, 11) is 0. The number of ether oxygens (including phenoxy) is 1. The van der Waals surface area contributed by atoms with Gasteiger partial charge in [0.05, 0.1) is 12.6 Å². The Morgan fingerprint density at radius 2 is 2.41 bits per heavy atom. The van der Waals surface area contributed by atoms with Gasteiger partial charge in [-0.1, -0.05) is 6.92 Å². The summed E-state index contributed by atoms with van der Waals surface area (Å²) < 4.78 is 5.77. The van der Waals surface area contributed by atoms with Crippen LogP contribution in [0.1, 0.15) is 37.1 Å². The molecule has 0 amide bonds. The predicted octanol–water partition coefficient (Wildman–Crippen LogP) is 2.73. The zero-order valence-electron chi connectivity index (χ0n) is 10.6. The smallest absolute Gasteiger partial charge is 0.113 e. The van der Waals surface area contributed by atoms with Gasteiger partial charge in [0.2, 0.25) is 0 Å². The van der Waals surface area contributed by atoms with Crippen LogP contribution in [0.25, 0.3) is 0 Å². The molecule has 0 bridgehead atoms. The second kappa shape index (κ2) is 5.82. The van der Waals surface area contributed by atoms with Crippen molar-refractivity contribution in [3.63, 3.8) is 0 Å². The van der Waals surface area contributed by atoms with Gasteiger partial charge in [0.25, 0.3) is 0 Å². The number of nitrogens with one attached hydrogen (secondary N) is 1. The number of hydrogen-bond acceptors (Lipinski definition) is 3. The molecule has 2 rings (SSSR count). The number of likely N-dealkylation sites (N-methyl/N-ethyl adjacent to an activating group) is 1. The lowest BCUT2D eigenvalue weighted by Gasteiger charge is -2.24. The summed E-state index contributed by atoms with van der Waals surface area (Å²) in [5.41, 5.74) is 2.27. The number of allylic oxidation sites excluding steroid dienone is 1. The second-order valence-electron chi connectivity index (χ2n) is 4.32. The maximum Gasteiger partial charge on any atom is 0.113 e. The first kappa shape index (κ1) is 12.1. The number of rotatable bonds is 4. The molecule has 0 saturated heterocycles. The van der Waals surface area contributed by atoms with Crippen LogP contribution in [0, 0.1) is 6.92 Å². The average molecular weight is 232 g/mol. The molecule has 3 nitrogen and oxygen atoms in total. The minimum Gasteiger partial charge on any atom is -0.496 e. The summed E-state index contributed by atoms with van der Waals surface area (Å²) in [6.07, 6.45) is 6.30. The molecule has 0 saturated carbocycles. The molecule has 92 valence electrons. The van der Waals surface area contributed by atoms with Crippen LogP contribution in [0.5, 0.6) is 0 Å². The van der Waals surface area contributed by atoms with Gasteiger partial charge >= 0.3 is 0 Å². The van der Waals surface area contributed by atoms with Crippen molar-refractivity contribution in [2.75, 3.05) is 13.2 Å². The van der Waals surface area contributed by atoms with E-state index in [9.17, 15) is 0 Å². The van der Waals surface area contributed by atoms with Crippen molar-refractivity contribution in [1.82, 2.24) is 10.3 Å². The Labute approximate surface area is 103 Å². The number of aromatic nitrogens is 1. The Bertz CT molecular complexity index is 401. The Balaban J connectivity index is 2.24. The fraction of sp³-hybridized carbons (Fsp3) is 0.500. The minimum atomic E-state index is 0.169. The van der Waals surface area contributed by atoms with Crippen molar-refractivity contribution >= 4 is 0 Å². The van der Waals surface area contributed by atoms with Crippen molar-refractivity contribution in [2.45, 2.75) is 32.7 Å². The van der Waals surface area contributed by atoms with Gasteiger partial charge < -0.3 is 10.1 Å². The molecule has 1 aromatic heterocycles. The summed E-state index contributed by atoms with van der Waals surface area (Å²) in [4.78, 5) is 4.24. The Morgan fingerprint density at radius 1 is 1.53 bits per heavy atom. The van der Waals surface area contributed by atoms with E-state index >= 15 is 0 Å². The highest BCUT2D eigenvalue weighted by Crippen LogP contribution is 2.26. The van der Waals surface area contributed by atoms with Crippen molar-refractivity contribution in [2.24, 2.45) is 0 Å². The first-order valence-corrected chi connectivity index (χ1v) is 6.30. The Kier molecular flexibility index (Phi) is 4.15. The van der Waals surface area contributed by atoms with E-state index in [2.05, 4.69) is 35.4 Å². The molecule has 1 unspecified atom stereocenters. The van der Waals surface area contributed by atoms with Crippen LogP contribution in [0.4, 0.5) is 0 Å². The fourth-order valence-electron chi connectivity index (χ4n) is 2.11. The lowest BCUT2D eigenvalue weighted by atomic mass is 10.0. The van der Waals surface area contributed by atoms with Crippen LogP contribution >= 0.6 is 0 Å².